The first kappa shape index (κ1) is 10.8. The molecule has 1 amide bonds. The van der Waals surface area contributed by atoms with E-state index in [1.54, 1.807) is 0 Å². The van der Waals surface area contributed by atoms with E-state index in [4.69, 9.17) is 5.73 Å². The van der Waals surface area contributed by atoms with Gasteiger partial charge in [-0.05, 0) is 19.8 Å². The molecule has 0 aromatic heterocycles. The van der Waals surface area contributed by atoms with Gasteiger partial charge in [-0.15, -0.1) is 0 Å². The lowest BCUT2D eigenvalue weighted by Gasteiger charge is -2.02. The molecule has 0 aliphatic heterocycles. The molecule has 5 nitrogen and oxygen atoms in total. The van der Waals surface area contributed by atoms with E-state index >= 15 is 0 Å². The van der Waals surface area contributed by atoms with Gasteiger partial charge < -0.3 is 16.4 Å². The minimum absolute atomic E-state index is 0.0700. The Kier molecular flexibility index (Phi) is 4.22. The zero-order chi connectivity index (χ0) is 10.4. The highest BCUT2D eigenvalue weighted by atomic mass is 16.1. The zero-order valence-corrected chi connectivity index (χ0v) is 8.55. The van der Waals surface area contributed by atoms with Gasteiger partial charge in [0, 0.05) is 19.0 Å². The SMILES string of the molecule is CCNC(N)=NCCC(=O)NC1CC1. The molecule has 1 rings (SSSR count). The van der Waals surface area contributed by atoms with Crippen molar-refractivity contribution in [1.29, 1.82) is 0 Å². The zero-order valence-electron chi connectivity index (χ0n) is 8.55. The molecule has 0 aromatic carbocycles. The number of guanidine groups is 1. The van der Waals surface area contributed by atoms with Crippen LogP contribution >= 0.6 is 0 Å². The van der Waals surface area contributed by atoms with Crippen molar-refractivity contribution in [2.24, 2.45) is 10.7 Å². The second-order valence-electron chi connectivity index (χ2n) is 3.39. The van der Waals surface area contributed by atoms with Crippen molar-refractivity contribution in [2.75, 3.05) is 13.1 Å². The van der Waals surface area contributed by atoms with Crippen LogP contribution in [-0.2, 0) is 4.79 Å². The summed E-state index contributed by atoms with van der Waals surface area (Å²) < 4.78 is 0. The number of aliphatic imine (C=N–C) groups is 1. The van der Waals surface area contributed by atoms with Crippen molar-refractivity contribution < 1.29 is 4.79 Å². The highest BCUT2D eigenvalue weighted by molar-refractivity contribution is 5.79. The first-order valence-electron chi connectivity index (χ1n) is 5.05. The molecule has 1 aliphatic carbocycles. The molecule has 0 atom stereocenters. The second-order valence-corrected chi connectivity index (χ2v) is 3.39. The van der Waals surface area contributed by atoms with Crippen molar-refractivity contribution in [3.05, 3.63) is 0 Å². The molecule has 0 unspecified atom stereocenters. The molecule has 0 bridgehead atoms. The quantitative estimate of drug-likeness (QED) is 0.414. The van der Waals surface area contributed by atoms with Gasteiger partial charge in [-0.2, -0.15) is 0 Å². The number of hydrogen-bond donors (Lipinski definition) is 3. The van der Waals surface area contributed by atoms with E-state index in [9.17, 15) is 4.79 Å². The number of carbonyl (C=O) groups excluding carboxylic acids is 1. The molecular weight excluding hydrogens is 180 g/mol. The number of hydrogen-bond acceptors (Lipinski definition) is 2. The molecule has 4 N–H and O–H groups in total. The van der Waals surface area contributed by atoms with Crippen molar-refractivity contribution in [2.45, 2.75) is 32.2 Å². The maximum absolute atomic E-state index is 11.2. The fraction of sp³-hybridized carbons (Fsp3) is 0.778. The summed E-state index contributed by atoms with van der Waals surface area (Å²) in [6.07, 6.45) is 2.66. The fourth-order valence-corrected chi connectivity index (χ4v) is 1.04. The average molecular weight is 198 g/mol. The van der Waals surface area contributed by atoms with Crippen LogP contribution in [0.5, 0.6) is 0 Å². The average Bonchev–Trinajstić information content (AvgIpc) is 2.88. The van der Waals surface area contributed by atoms with Crippen LogP contribution in [0.25, 0.3) is 0 Å². The van der Waals surface area contributed by atoms with Crippen LogP contribution in [0.15, 0.2) is 4.99 Å². The topological polar surface area (TPSA) is 79.5 Å². The standard InChI is InChI=1S/C9H18N4O/c1-2-11-9(10)12-6-5-8(14)13-7-3-4-7/h7H,2-6H2,1H3,(H,13,14)(H3,10,11,12). The first-order chi connectivity index (χ1) is 6.72. The third-order valence-electron chi connectivity index (χ3n) is 1.92. The fourth-order valence-electron chi connectivity index (χ4n) is 1.04. The number of carbonyl (C=O) groups is 1. The van der Waals surface area contributed by atoms with Crippen molar-refractivity contribution in [3.8, 4) is 0 Å². The molecule has 0 heterocycles. The lowest BCUT2D eigenvalue weighted by atomic mass is 10.4. The van der Waals surface area contributed by atoms with Crippen LogP contribution in [0.1, 0.15) is 26.2 Å². The number of rotatable bonds is 5. The third-order valence-corrected chi connectivity index (χ3v) is 1.92. The summed E-state index contributed by atoms with van der Waals surface area (Å²) in [5, 5.41) is 5.76. The molecule has 0 radical (unpaired) electrons. The Hall–Kier alpha value is -1.26. The molecular formula is C9H18N4O. The van der Waals surface area contributed by atoms with E-state index < -0.39 is 0 Å². The van der Waals surface area contributed by atoms with Crippen LogP contribution in [-0.4, -0.2) is 31.0 Å². The minimum Gasteiger partial charge on any atom is -0.370 e. The smallest absolute Gasteiger partial charge is 0.222 e. The Bertz CT molecular complexity index is 223. The van der Waals surface area contributed by atoms with Crippen molar-refractivity contribution in [3.63, 3.8) is 0 Å². The highest BCUT2D eigenvalue weighted by Gasteiger charge is 2.22. The van der Waals surface area contributed by atoms with Crippen LogP contribution in [0, 0.1) is 0 Å². The number of nitrogens with zero attached hydrogens (tertiary/aromatic N) is 1. The van der Waals surface area contributed by atoms with Gasteiger partial charge in [0.25, 0.3) is 0 Å². The lowest BCUT2D eigenvalue weighted by molar-refractivity contribution is -0.121. The second kappa shape index (κ2) is 5.47. The van der Waals surface area contributed by atoms with E-state index in [1.165, 1.54) is 0 Å². The van der Waals surface area contributed by atoms with E-state index in [-0.39, 0.29) is 5.91 Å². The summed E-state index contributed by atoms with van der Waals surface area (Å²) in [5.41, 5.74) is 5.49. The third kappa shape index (κ3) is 4.69. The van der Waals surface area contributed by atoms with Crippen LogP contribution in [0.2, 0.25) is 0 Å². The molecule has 1 saturated carbocycles. The van der Waals surface area contributed by atoms with E-state index in [1.807, 2.05) is 6.92 Å². The van der Waals surface area contributed by atoms with Crippen molar-refractivity contribution in [1.82, 2.24) is 10.6 Å². The van der Waals surface area contributed by atoms with Crippen molar-refractivity contribution >= 4 is 11.9 Å². The summed E-state index contributed by atoms with van der Waals surface area (Å²) in [4.78, 5) is 15.2. The van der Waals surface area contributed by atoms with Crippen LogP contribution in [0.4, 0.5) is 0 Å². The lowest BCUT2D eigenvalue weighted by Crippen LogP contribution is -2.32. The predicted octanol–water partition coefficient (Wildman–Crippen LogP) is -0.421. The molecule has 0 aromatic rings. The molecule has 1 fully saturated rings. The number of nitrogens with one attached hydrogen (secondary N) is 2. The summed E-state index contributed by atoms with van der Waals surface area (Å²) in [6, 6.07) is 0.428. The van der Waals surface area contributed by atoms with Crippen LogP contribution in [0.3, 0.4) is 0 Å². The maximum atomic E-state index is 11.2. The summed E-state index contributed by atoms with van der Waals surface area (Å²) >= 11 is 0. The summed E-state index contributed by atoms with van der Waals surface area (Å²) in [6.45, 7) is 3.16. The normalized spacial score (nSPS) is 16.5. The van der Waals surface area contributed by atoms with Gasteiger partial charge in [0.1, 0.15) is 0 Å². The van der Waals surface area contributed by atoms with Crippen LogP contribution < -0.4 is 16.4 Å². The Morgan fingerprint density at radius 3 is 2.86 bits per heavy atom. The molecule has 1 aliphatic rings. The predicted molar refractivity (Wildman–Crippen MR) is 55.9 cm³/mol. The number of nitrogens with two attached hydrogens (primary N) is 1. The Morgan fingerprint density at radius 2 is 2.29 bits per heavy atom. The molecule has 0 saturated heterocycles. The van der Waals surface area contributed by atoms with Gasteiger partial charge in [0.15, 0.2) is 5.96 Å². The minimum atomic E-state index is 0.0700. The Balaban J connectivity index is 2.06. The summed E-state index contributed by atoms with van der Waals surface area (Å²) in [5.74, 6) is 0.479. The van der Waals surface area contributed by atoms with Gasteiger partial charge in [0.05, 0.1) is 6.54 Å². The first-order valence-corrected chi connectivity index (χ1v) is 5.05. The van der Waals surface area contributed by atoms with E-state index in [0.29, 0.717) is 25.0 Å². The monoisotopic (exact) mass is 198 g/mol. The number of amides is 1. The largest absolute Gasteiger partial charge is 0.370 e. The molecule has 5 heteroatoms. The Morgan fingerprint density at radius 1 is 1.57 bits per heavy atom. The van der Waals surface area contributed by atoms with Gasteiger partial charge in [0.2, 0.25) is 5.91 Å². The van der Waals surface area contributed by atoms with Gasteiger partial charge in [-0.3, -0.25) is 9.79 Å². The molecule has 80 valence electrons. The Labute approximate surface area is 84.1 Å². The summed E-state index contributed by atoms with van der Waals surface area (Å²) in [7, 11) is 0. The van der Waals surface area contributed by atoms with Gasteiger partial charge in [-0.1, -0.05) is 0 Å². The molecule has 0 spiro atoms. The maximum Gasteiger partial charge on any atom is 0.222 e. The van der Waals surface area contributed by atoms with E-state index in [0.717, 1.165) is 19.4 Å². The van der Waals surface area contributed by atoms with Gasteiger partial charge in [-0.25, -0.2) is 0 Å². The molecule has 14 heavy (non-hydrogen) atoms. The highest BCUT2D eigenvalue weighted by Crippen LogP contribution is 2.18. The van der Waals surface area contributed by atoms with E-state index in [2.05, 4.69) is 15.6 Å². The van der Waals surface area contributed by atoms with Gasteiger partial charge >= 0.3 is 0 Å².